The molecule has 0 saturated carbocycles. The Morgan fingerprint density at radius 3 is 2.12 bits per heavy atom. The maximum atomic E-state index is 13.9. The molecular weight excluding hydrogens is 412 g/mol. The Bertz CT molecular complexity index is 1140. The third-order valence-corrected chi connectivity index (χ3v) is 5.62. The maximum Gasteiger partial charge on any atom is 0.210 e. The van der Waals surface area contributed by atoms with E-state index >= 15 is 0 Å². The van der Waals surface area contributed by atoms with Crippen LogP contribution in [-0.2, 0) is 5.60 Å². The molecule has 3 aromatic rings. The van der Waals surface area contributed by atoms with Crippen LogP contribution in [0.2, 0.25) is 0 Å². The minimum Gasteiger partial charge on any atom is -0.496 e. The lowest BCUT2D eigenvalue weighted by atomic mass is 9.76. The highest BCUT2D eigenvalue weighted by atomic mass is 16.5. The Morgan fingerprint density at radius 2 is 1.50 bits per heavy atom. The molecule has 7 heteroatoms. The second kappa shape index (κ2) is 8.43. The maximum absolute atomic E-state index is 13.9. The average Bonchev–Trinajstić information content (AvgIpc) is 2.85. The summed E-state index contributed by atoms with van der Waals surface area (Å²) in [5, 5.41) is 12.0. The topological polar surface area (TPSA) is 83.5 Å². The summed E-state index contributed by atoms with van der Waals surface area (Å²) in [7, 11) is 6.01. The van der Waals surface area contributed by atoms with E-state index in [4.69, 9.17) is 23.7 Å². The summed E-state index contributed by atoms with van der Waals surface area (Å²) in [6, 6.07) is 17.0. The molecular formula is C25H24O7. The van der Waals surface area contributed by atoms with Gasteiger partial charge in [-0.05, 0) is 17.7 Å². The van der Waals surface area contributed by atoms with Crippen molar-refractivity contribution in [3.8, 4) is 28.7 Å². The summed E-state index contributed by atoms with van der Waals surface area (Å²) in [5.41, 5.74) is -0.935. The molecule has 1 N–H and O–H groups in total. The number of Topliss-reactive ketones (excluding diaryl/α,β-unsaturated/α-hetero) is 1. The average molecular weight is 436 g/mol. The van der Waals surface area contributed by atoms with Gasteiger partial charge < -0.3 is 28.8 Å². The fourth-order valence-electron chi connectivity index (χ4n) is 3.98. The van der Waals surface area contributed by atoms with Crippen molar-refractivity contribution in [1.29, 1.82) is 0 Å². The van der Waals surface area contributed by atoms with Crippen molar-refractivity contribution in [2.45, 2.75) is 11.7 Å². The first-order chi connectivity index (χ1) is 15.5. The fourth-order valence-corrected chi connectivity index (χ4v) is 3.98. The number of carbonyl (C=O) groups is 1. The van der Waals surface area contributed by atoms with E-state index in [9.17, 15) is 9.90 Å². The van der Waals surface area contributed by atoms with Gasteiger partial charge in [0.1, 0.15) is 22.8 Å². The van der Waals surface area contributed by atoms with E-state index < -0.39 is 17.5 Å². The zero-order chi connectivity index (χ0) is 22.9. The van der Waals surface area contributed by atoms with Crippen LogP contribution in [0.5, 0.6) is 28.7 Å². The molecule has 0 spiro atoms. The molecule has 0 aromatic heterocycles. The van der Waals surface area contributed by atoms with Gasteiger partial charge in [-0.2, -0.15) is 0 Å². The van der Waals surface area contributed by atoms with Gasteiger partial charge >= 0.3 is 0 Å². The lowest BCUT2D eigenvalue weighted by Gasteiger charge is -2.40. The largest absolute Gasteiger partial charge is 0.496 e. The van der Waals surface area contributed by atoms with Gasteiger partial charge in [0, 0.05) is 17.7 Å². The quantitative estimate of drug-likeness (QED) is 0.627. The number of methoxy groups -OCH3 is 4. The van der Waals surface area contributed by atoms with Crippen LogP contribution >= 0.6 is 0 Å². The van der Waals surface area contributed by atoms with Crippen LogP contribution < -0.4 is 23.7 Å². The number of fused-ring (bicyclic) bond motifs is 1. The predicted octanol–water partition coefficient (Wildman–Crippen LogP) is 3.93. The van der Waals surface area contributed by atoms with Gasteiger partial charge in [-0.1, -0.05) is 36.4 Å². The van der Waals surface area contributed by atoms with Gasteiger partial charge in [0.25, 0.3) is 0 Å². The van der Waals surface area contributed by atoms with Crippen LogP contribution in [0.1, 0.15) is 27.6 Å². The molecule has 4 rings (SSSR count). The van der Waals surface area contributed by atoms with Crippen LogP contribution in [0.15, 0.2) is 60.7 Å². The zero-order valence-electron chi connectivity index (χ0n) is 18.2. The molecule has 2 atom stereocenters. The van der Waals surface area contributed by atoms with Crippen LogP contribution in [0, 0.1) is 0 Å². The smallest absolute Gasteiger partial charge is 0.210 e. The zero-order valence-corrected chi connectivity index (χ0v) is 18.2. The van der Waals surface area contributed by atoms with Gasteiger partial charge in [0.05, 0.1) is 28.4 Å². The van der Waals surface area contributed by atoms with Crippen molar-refractivity contribution < 1.29 is 33.6 Å². The molecule has 7 nitrogen and oxygen atoms in total. The first-order valence-corrected chi connectivity index (χ1v) is 9.95. The number of hydrogen-bond acceptors (Lipinski definition) is 7. The molecule has 1 aliphatic heterocycles. The van der Waals surface area contributed by atoms with Crippen molar-refractivity contribution in [3.05, 3.63) is 77.4 Å². The van der Waals surface area contributed by atoms with E-state index in [0.717, 1.165) is 0 Å². The Kier molecular flexibility index (Phi) is 5.67. The van der Waals surface area contributed by atoms with Gasteiger partial charge in [0.15, 0.2) is 23.2 Å². The minimum atomic E-state index is -2.02. The second-order valence-electron chi connectivity index (χ2n) is 7.28. The van der Waals surface area contributed by atoms with Crippen molar-refractivity contribution in [2.24, 2.45) is 0 Å². The molecule has 0 bridgehead atoms. The highest BCUT2D eigenvalue weighted by molar-refractivity contribution is 6.08. The molecule has 1 heterocycles. The van der Waals surface area contributed by atoms with Crippen molar-refractivity contribution in [2.75, 3.05) is 28.4 Å². The lowest BCUT2D eigenvalue weighted by molar-refractivity contribution is -0.0538. The molecule has 3 aromatic carbocycles. The van der Waals surface area contributed by atoms with Crippen LogP contribution in [0.4, 0.5) is 0 Å². The fraction of sp³-hybridized carbons (Fsp3) is 0.240. The summed E-state index contributed by atoms with van der Waals surface area (Å²) in [5.74, 6) is 1.40. The molecule has 0 fully saturated rings. The molecule has 0 saturated heterocycles. The monoisotopic (exact) mass is 436 g/mol. The highest BCUT2D eigenvalue weighted by Crippen LogP contribution is 2.51. The van der Waals surface area contributed by atoms with E-state index in [-0.39, 0.29) is 17.1 Å². The van der Waals surface area contributed by atoms with E-state index in [1.807, 2.05) is 6.07 Å². The molecule has 0 amide bonds. The lowest BCUT2D eigenvalue weighted by Crippen LogP contribution is -2.47. The Hall–Kier alpha value is -3.71. The molecule has 2 unspecified atom stereocenters. The highest BCUT2D eigenvalue weighted by Gasteiger charge is 2.53. The third-order valence-electron chi connectivity index (χ3n) is 5.62. The van der Waals surface area contributed by atoms with E-state index in [1.165, 1.54) is 28.4 Å². The van der Waals surface area contributed by atoms with Gasteiger partial charge in [-0.3, -0.25) is 4.79 Å². The number of rotatable bonds is 6. The third kappa shape index (κ3) is 3.31. The minimum absolute atomic E-state index is 0.149. The molecule has 0 radical (unpaired) electrons. The molecule has 32 heavy (non-hydrogen) atoms. The molecule has 1 aliphatic rings. The van der Waals surface area contributed by atoms with Crippen molar-refractivity contribution in [1.82, 2.24) is 0 Å². The number of carbonyl (C=O) groups excluding carboxylic acids is 1. The number of aliphatic hydroxyl groups is 1. The first-order valence-electron chi connectivity index (χ1n) is 9.95. The first kappa shape index (κ1) is 21.5. The second-order valence-corrected chi connectivity index (χ2v) is 7.28. The standard InChI is InChI=1S/C25H24O7/c1-28-17-13-20(31-4)22-21(14-17)32-24(15-10-11-18(29-2)19(12-15)30-3)25(27,23(22)26)16-8-6-5-7-9-16/h5-14,24,27H,1-4H3. The number of hydrogen-bond donors (Lipinski definition) is 1. The number of ether oxygens (including phenoxy) is 5. The van der Waals surface area contributed by atoms with E-state index in [1.54, 1.807) is 54.6 Å². The summed E-state index contributed by atoms with van der Waals surface area (Å²) in [6.07, 6.45) is -1.07. The van der Waals surface area contributed by atoms with Crippen LogP contribution in [-0.4, -0.2) is 39.3 Å². The number of ketones is 1. The van der Waals surface area contributed by atoms with Crippen LogP contribution in [0.25, 0.3) is 0 Å². The summed E-state index contributed by atoms with van der Waals surface area (Å²) >= 11 is 0. The van der Waals surface area contributed by atoms with E-state index in [2.05, 4.69) is 0 Å². The summed E-state index contributed by atoms with van der Waals surface area (Å²) in [6.45, 7) is 0. The van der Waals surface area contributed by atoms with Crippen LogP contribution in [0.3, 0.4) is 0 Å². The van der Waals surface area contributed by atoms with Crippen molar-refractivity contribution in [3.63, 3.8) is 0 Å². The molecule has 0 aliphatic carbocycles. The normalized spacial score (nSPS) is 19.5. The number of benzene rings is 3. The van der Waals surface area contributed by atoms with Gasteiger partial charge in [-0.15, -0.1) is 0 Å². The Balaban J connectivity index is 1.97. The van der Waals surface area contributed by atoms with Gasteiger partial charge in [-0.25, -0.2) is 0 Å². The predicted molar refractivity (Wildman–Crippen MR) is 117 cm³/mol. The van der Waals surface area contributed by atoms with Gasteiger partial charge in [0.2, 0.25) is 5.78 Å². The Labute approximate surface area is 186 Å². The Morgan fingerprint density at radius 1 is 0.812 bits per heavy atom. The molecule has 166 valence electrons. The summed E-state index contributed by atoms with van der Waals surface area (Å²) < 4.78 is 27.8. The summed E-state index contributed by atoms with van der Waals surface area (Å²) in [4.78, 5) is 13.9. The van der Waals surface area contributed by atoms with Crippen molar-refractivity contribution >= 4 is 5.78 Å². The SMILES string of the molecule is COc1cc(OC)c2c(c1)OC(c1ccc(OC)c(OC)c1)C(O)(c1ccccc1)C2=O. The van der Waals surface area contributed by atoms with E-state index in [0.29, 0.717) is 28.4 Å².